The first kappa shape index (κ1) is 9.92. The molecule has 2 saturated heterocycles. The average molecular weight is 225 g/mol. The molecule has 0 saturated carbocycles. The number of carbonyl (C=O) groups excluding carboxylic acids is 2. The number of urea groups is 1. The van der Waals surface area contributed by atoms with E-state index in [2.05, 4.69) is 0 Å². The number of hydrogen-bond acceptors (Lipinski definition) is 4. The number of nitrogens with zero attached hydrogens (tertiary/aromatic N) is 2. The Morgan fingerprint density at radius 2 is 2.31 bits per heavy atom. The van der Waals surface area contributed by atoms with E-state index in [9.17, 15) is 9.59 Å². The van der Waals surface area contributed by atoms with Crippen LogP contribution in [0.1, 0.15) is 12.8 Å². The van der Waals surface area contributed by atoms with E-state index in [0.29, 0.717) is 6.67 Å². The second kappa shape index (κ2) is 3.36. The number of fused-ring (bicyclic) bond motifs is 2. The lowest BCUT2D eigenvalue weighted by Gasteiger charge is -2.32. The molecule has 2 bridgehead atoms. The van der Waals surface area contributed by atoms with Gasteiger partial charge in [0.05, 0.1) is 25.0 Å². The van der Waals surface area contributed by atoms with Crippen molar-refractivity contribution < 1.29 is 24.0 Å². The second-order valence-corrected chi connectivity index (χ2v) is 4.39. The number of amides is 3. The molecule has 6 heteroatoms. The lowest BCUT2D eigenvalue weighted by atomic mass is 9.96. The number of carbonyl (C=O) groups is 2. The Kier molecular flexibility index (Phi) is 2.08. The van der Waals surface area contributed by atoms with E-state index in [-0.39, 0.29) is 36.7 Å². The lowest BCUT2D eigenvalue weighted by Crippen LogP contribution is -2.65. The van der Waals surface area contributed by atoms with E-state index >= 15 is 0 Å². The van der Waals surface area contributed by atoms with Gasteiger partial charge in [-0.05, 0) is 12.8 Å². The molecule has 4 aliphatic rings. The summed E-state index contributed by atoms with van der Waals surface area (Å²) in [6.45, 7) is 0.369. The summed E-state index contributed by atoms with van der Waals surface area (Å²) in [5.41, 5.74) is 0. The summed E-state index contributed by atoms with van der Waals surface area (Å²) in [5, 5.41) is 8.96. The maximum atomic E-state index is 11.9. The second-order valence-electron chi connectivity index (χ2n) is 4.39. The Morgan fingerprint density at radius 1 is 1.50 bits per heavy atom. The minimum absolute atomic E-state index is 0.0101. The average Bonchev–Trinajstić information content (AvgIpc) is 2.76. The van der Waals surface area contributed by atoms with Gasteiger partial charge in [-0.25, -0.2) is 4.79 Å². The van der Waals surface area contributed by atoms with Gasteiger partial charge in [0, 0.05) is 0 Å². The van der Waals surface area contributed by atoms with Crippen LogP contribution in [0.5, 0.6) is 0 Å². The zero-order valence-corrected chi connectivity index (χ0v) is 8.70. The number of rotatable bonds is 2. The first-order valence-corrected chi connectivity index (χ1v) is 5.44. The van der Waals surface area contributed by atoms with E-state index in [0.717, 1.165) is 12.8 Å². The van der Waals surface area contributed by atoms with Crippen LogP contribution < -0.4 is 0 Å². The van der Waals surface area contributed by atoms with Crippen molar-refractivity contribution in [2.24, 2.45) is 5.92 Å². The van der Waals surface area contributed by atoms with Crippen LogP contribution in [0.3, 0.4) is 0 Å². The molecule has 3 atom stereocenters. The van der Waals surface area contributed by atoms with Gasteiger partial charge in [0.2, 0.25) is 6.67 Å². The molecule has 0 aromatic heterocycles. The van der Waals surface area contributed by atoms with Gasteiger partial charge in [-0.2, -0.15) is 9.37 Å². The molecular weight excluding hydrogens is 212 g/mol. The van der Waals surface area contributed by atoms with Crippen molar-refractivity contribution in [2.45, 2.75) is 25.0 Å². The molecule has 6 nitrogen and oxygen atoms in total. The fraction of sp³-hybridized carbons (Fsp3) is 0.700. The number of imide groups is 1. The number of aliphatic hydroxyl groups is 1. The molecule has 1 N–H and O–H groups in total. The minimum atomic E-state index is -0.358. The third-order valence-electron chi connectivity index (χ3n) is 3.41. The largest absolute Gasteiger partial charge is 0.506 e. The van der Waals surface area contributed by atoms with Gasteiger partial charge in [-0.1, -0.05) is 0 Å². The predicted octanol–water partition coefficient (Wildman–Crippen LogP) is -0.841. The van der Waals surface area contributed by atoms with Gasteiger partial charge >= 0.3 is 11.9 Å². The Bertz CT molecular complexity index is 392. The van der Waals surface area contributed by atoms with Gasteiger partial charge in [-0.3, -0.25) is 0 Å². The first-order chi connectivity index (χ1) is 7.70. The van der Waals surface area contributed by atoms with Crippen LogP contribution in [0.25, 0.3) is 0 Å². The van der Waals surface area contributed by atoms with Crippen LogP contribution in [0.15, 0.2) is 0 Å². The smallest absolute Gasteiger partial charge is 0.394 e. The van der Waals surface area contributed by atoms with Gasteiger partial charge in [-0.15, -0.1) is 4.90 Å². The van der Waals surface area contributed by atoms with Crippen LogP contribution in [0, 0.1) is 5.92 Å². The predicted molar refractivity (Wildman–Crippen MR) is 51.9 cm³/mol. The molecule has 2 fully saturated rings. The third kappa shape index (κ3) is 1.23. The summed E-state index contributed by atoms with van der Waals surface area (Å²) < 4.78 is 7.09. The summed E-state index contributed by atoms with van der Waals surface area (Å²) in [7, 11) is 0. The Morgan fingerprint density at radius 3 is 2.88 bits per heavy atom. The molecule has 0 radical (unpaired) electrons. The molecule has 3 amide bonds. The highest BCUT2D eigenvalue weighted by atomic mass is 16.5. The molecule has 4 aliphatic heterocycles. The summed E-state index contributed by atoms with van der Waals surface area (Å²) in [6.07, 6.45) is 2.84. The van der Waals surface area contributed by atoms with Crippen molar-refractivity contribution in [1.29, 1.82) is 0 Å². The van der Waals surface area contributed by atoms with E-state index in [1.54, 1.807) is 6.21 Å². The Labute approximate surface area is 92.1 Å². The van der Waals surface area contributed by atoms with Crippen molar-refractivity contribution in [3.8, 4) is 0 Å². The SMILES string of the molecule is O=C1C([C@@H]2CCC(CO)O2)C=[N+]2CN1C2=O. The van der Waals surface area contributed by atoms with Gasteiger partial charge in [0.1, 0.15) is 5.92 Å². The quantitative estimate of drug-likeness (QED) is 0.622. The standard InChI is InChI=1S/C10H13N2O4/c13-4-6-1-2-8(16-6)7-3-11-5-12(9(7)14)10(11)15/h3,6-8,13H,1-2,4-5H2/q+1/t6?,7?,8-/m0/s1. The van der Waals surface area contributed by atoms with E-state index in [1.807, 2.05) is 0 Å². The van der Waals surface area contributed by atoms with E-state index in [1.165, 1.54) is 9.48 Å². The maximum Gasteiger partial charge on any atom is 0.506 e. The first-order valence-electron chi connectivity index (χ1n) is 5.44. The number of hydrogen-bond donors (Lipinski definition) is 1. The normalized spacial score (nSPS) is 37.4. The molecule has 4 heterocycles. The molecule has 0 spiro atoms. The summed E-state index contributed by atoms with van der Waals surface area (Å²) in [4.78, 5) is 24.4. The summed E-state index contributed by atoms with van der Waals surface area (Å²) >= 11 is 0. The number of aliphatic hydroxyl groups excluding tert-OH is 1. The van der Waals surface area contributed by atoms with Gasteiger partial charge in [0.15, 0.2) is 0 Å². The molecule has 0 aromatic carbocycles. The molecule has 86 valence electrons. The molecule has 4 rings (SSSR count). The minimum Gasteiger partial charge on any atom is -0.394 e. The van der Waals surface area contributed by atoms with Crippen molar-refractivity contribution in [3.05, 3.63) is 0 Å². The molecular formula is C10H13N2O4+. The Balaban J connectivity index is 1.77. The topological polar surface area (TPSA) is 69.8 Å². The van der Waals surface area contributed by atoms with Crippen LogP contribution in [-0.2, 0) is 9.53 Å². The molecule has 0 aliphatic carbocycles. The highest BCUT2D eigenvalue weighted by Crippen LogP contribution is 2.29. The summed E-state index contributed by atoms with van der Waals surface area (Å²) in [6, 6.07) is -0.238. The highest BCUT2D eigenvalue weighted by Gasteiger charge is 2.56. The molecule has 16 heavy (non-hydrogen) atoms. The zero-order chi connectivity index (χ0) is 11.3. The maximum absolute atomic E-state index is 11.9. The van der Waals surface area contributed by atoms with Crippen molar-refractivity contribution in [2.75, 3.05) is 13.3 Å². The fourth-order valence-corrected chi connectivity index (χ4v) is 2.45. The van der Waals surface area contributed by atoms with Crippen LogP contribution >= 0.6 is 0 Å². The van der Waals surface area contributed by atoms with Crippen LogP contribution in [0.4, 0.5) is 4.79 Å². The summed E-state index contributed by atoms with van der Waals surface area (Å²) in [5.74, 6) is -0.529. The van der Waals surface area contributed by atoms with Crippen molar-refractivity contribution in [3.63, 3.8) is 0 Å². The van der Waals surface area contributed by atoms with Crippen molar-refractivity contribution in [1.82, 2.24) is 4.90 Å². The molecule has 2 unspecified atom stereocenters. The lowest BCUT2D eigenvalue weighted by molar-refractivity contribution is -0.514. The monoisotopic (exact) mass is 225 g/mol. The van der Waals surface area contributed by atoms with Crippen LogP contribution in [-0.4, -0.2) is 58.2 Å². The van der Waals surface area contributed by atoms with E-state index < -0.39 is 0 Å². The highest BCUT2D eigenvalue weighted by molar-refractivity contribution is 6.06. The van der Waals surface area contributed by atoms with Gasteiger partial charge < -0.3 is 9.84 Å². The fourth-order valence-electron chi connectivity index (χ4n) is 2.45. The molecule has 0 aromatic rings. The van der Waals surface area contributed by atoms with Crippen molar-refractivity contribution >= 4 is 18.2 Å². The Hall–Kier alpha value is -1.27. The third-order valence-corrected chi connectivity index (χ3v) is 3.41. The number of ether oxygens (including phenoxy) is 1. The van der Waals surface area contributed by atoms with Gasteiger partial charge in [0.25, 0.3) is 0 Å². The van der Waals surface area contributed by atoms with Crippen LogP contribution in [0.2, 0.25) is 0 Å². The zero-order valence-electron chi connectivity index (χ0n) is 8.70. The van der Waals surface area contributed by atoms with E-state index in [4.69, 9.17) is 9.84 Å².